The molecule has 1 aromatic carbocycles. The lowest BCUT2D eigenvalue weighted by Crippen LogP contribution is -2.46. The average Bonchev–Trinajstić information content (AvgIpc) is 3.17. The Kier molecular flexibility index (Phi) is 7.70. The number of aliphatic carboxylic acids is 1. The molecule has 1 N–H and O–H groups in total. The number of halogens is 4. The lowest BCUT2D eigenvalue weighted by atomic mass is 10.1. The molecule has 3 heterocycles. The van der Waals surface area contributed by atoms with E-state index in [-0.39, 0.29) is 5.82 Å². The number of piperazine rings is 1. The minimum Gasteiger partial charge on any atom is -0.475 e. The molecule has 172 valence electrons. The van der Waals surface area contributed by atoms with Gasteiger partial charge in [-0.3, -0.25) is 4.90 Å². The molecule has 32 heavy (non-hydrogen) atoms. The molecule has 0 aliphatic carbocycles. The Labute approximate surface area is 181 Å². The number of benzene rings is 1. The third kappa shape index (κ3) is 6.69. The van der Waals surface area contributed by atoms with Crippen LogP contribution in [-0.4, -0.2) is 79.6 Å². The van der Waals surface area contributed by atoms with E-state index in [1.54, 1.807) is 10.7 Å². The van der Waals surface area contributed by atoms with Gasteiger partial charge in [-0.1, -0.05) is 12.1 Å². The van der Waals surface area contributed by atoms with E-state index in [2.05, 4.69) is 25.1 Å². The van der Waals surface area contributed by atoms with Crippen LogP contribution in [0.4, 0.5) is 17.6 Å². The SMILES string of the molecule is Fc1ccc(CCN2CCN(Cc3nnc4cccnn34)CC2)cc1.O=C(O)C(F)(F)F. The van der Waals surface area contributed by atoms with Crippen molar-refractivity contribution in [3.63, 3.8) is 0 Å². The summed E-state index contributed by atoms with van der Waals surface area (Å²) in [6.07, 6.45) is -2.37. The van der Waals surface area contributed by atoms with Gasteiger partial charge in [-0.2, -0.15) is 22.8 Å². The zero-order valence-corrected chi connectivity index (χ0v) is 17.0. The smallest absolute Gasteiger partial charge is 0.475 e. The van der Waals surface area contributed by atoms with Crippen LogP contribution in [0.15, 0.2) is 42.6 Å². The molecule has 0 unspecified atom stereocenters. The van der Waals surface area contributed by atoms with Gasteiger partial charge in [-0.15, -0.1) is 10.2 Å². The Morgan fingerprint density at radius 2 is 1.62 bits per heavy atom. The molecule has 3 aromatic rings. The molecule has 0 radical (unpaired) electrons. The fourth-order valence-corrected chi connectivity index (χ4v) is 3.20. The molecule has 8 nitrogen and oxygen atoms in total. The number of carboxylic acid groups (broad SMARTS) is 1. The van der Waals surface area contributed by atoms with Crippen molar-refractivity contribution in [1.29, 1.82) is 0 Å². The van der Waals surface area contributed by atoms with Crippen molar-refractivity contribution in [2.45, 2.75) is 19.1 Å². The highest BCUT2D eigenvalue weighted by molar-refractivity contribution is 5.73. The first-order valence-electron chi connectivity index (χ1n) is 9.87. The quantitative estimate of drug-likeness (QED) is 0.592. The molecule has 0 saturated carbocycles. The van der Waals surface area contributed by atoms with E-state index in [4.69, 9.17) is 9.90 Å². The molecule has 1 aliphatic rings. The van der Waals surface area contributed by atoms with E-state index in [9.17, 15) is 17.6 Å². The molecular weight excluding hydrogens is 432 g/mol. The monoisotopic (exact) mass is 454 g/mol. The minimum absolute atomic E-state index is 0.173. The van der Waals surface area contributed by atoms with Crippen molar-refractivity contribution in [3.8, 4) is 0 Å². The summed E-state index contributed by atoms with van der Waals surface area (Å²) in [7, 11) is 0. The molecular formula is C20H22F4N6O2. The number of hydrogen-bond acceptors (Lipinski definition) is 6. The molecule has 12 heteroatoms. The van der Waals surface area contributed by atoms with Gasteiger partial charge in [-0.05, 0) is 36.2 Å². The van der Waals surface area contributed by atoms with Crippen LogP contribution in [0.2, 0.25) is 0 Å². The maximum Gasteiger partial charge on any atom is 0.490 e. The second kappa shape index (κ2) is 10.5. The normalized spacial score (nSPS) is 15.4. The highest BCUT2D eigenvalue weighted by atomic mass is 19.4. The zero-order valence-electron chi connectivity index (χ0n) is 17.0. The summed E-state index contributed by atoms with van der Waals surface area (Å²) in [5, 5.41) is 19.9. The Balaban J connectivity index is 0.000000360. The van der Waals surface area contributed by atoms with Crippen molar-refractivity contribution in [2.24, 2.45) is 0 Å². The number of aromatic nitrogens is 4. The summed E-state index contributed by atoms with van der Waals surface area (Å²) in [6, 6.07) is 10.6. The van der Waals surface area contributed by atoms with E-state index in [1.165, 1.54) is 17.7 Å². The highest BCUT2D eigenvalue weighted by Crippen LogP contribution is 2.13. The van der Waals surface area contributed by atoms with Gasteiger partial charge in [0.2, 0.25) is 0 Å². The van der Waals surface area contributed by atoms with Gasteiger partial charge in [0.1, 0.15) is 5.82 Å². The van der Waals surface area contributed by atoms with Gasteiger partial charge >= 0.3 is 12.1 Å². The second-order valence-corrected chi connectivity index (χ2v) is 7.21. The van der Waals surface area contributed by atoms with E-state index in [1.807, 2.05) is 24.3 Å². The maximum absolute atomic E-state index is 12.9. The molecule has 1 saturated heterocycles. The lowest BCUT2D eigenvalue weighted by Gasteiger charge is -2.34. The summed E-state index contributed by atoms with van der Waals surface area (Å²) in [6.45, 7) is 5.85. The third-order valence-electron chi connectivity index (χ3n) is 4.95. The van der Waals surface area contributed by atoms with Crippen molar-refractivity contribution >= 4 is 11.6 Å². The van der Waals surface area contributed by atoms with Gasteiger partial charge in [0.25, 0.3) is 0 Å². The highest BCUT2D eigenvalue weighted by Gasteiger charge is 2.38. The largest absolute Gasteiger partial charge is 0.490 e. The van der Waals surface area contributed by atoms with Crippen molar-refractivity contribution < 1.29 is 27.5 Å². The van der Waals surface area contributed by atoms with E-state index in [0.29, 0.717) is 0 Å². The molecule has 4 rings (SSSR count). The van der Waals surface area contributed by atoms with Crippen LogP contribution in [-0.2, 0) is 17.8 Å². The van der Waals surface area contributed by atoms with Gasteiger partial charge in [0.05, 0.1) is 6.54 Å². The Hall–Kier alpha value is -3.12. The fourth-order valence-electron chi connectivity index (χ4n) is 3.20. The minimum atomic E-state index is -5.08. The van der Waals surface area contributed by atoms with Gasteiger partial charge < -0.3 is 10.0 Å². The lowest BCUT2D eigenvalue weighted by molar-refractivity contribution is -0.192. The zero-order chi connectivity index (χ0) is 23.1. The first-order valence-corrected chi connectivity index (χ1v) is 9.87. The van der Waals surface area contributed by atoms with Crippen molar-refractivity contribution in [3.05, 3.63) is 59.8 Å². The number of carboxylic acids is 1. The maximum atomic E-state index is 12.9. The Bertz CT molecular complexity index is 1020. The first-order chi connectivity index (χ1) is 15.2. The Morgan fingerprint density at radius 3 is 2.25 bits per heavy atom. The number of carbonyl (C=O) groups is 1. The predicted molar refractivity (Wildman–Crippen MR) is 106 cm³/mol. The summed E-state index contributed by atoms with van der Waals surface area (Å²) >= 11 is 0. The predicted octanol–water partition coefficient (Wildman–Crippen LogP) is 2.26. The average molecular weight is 454 g/mol. The van der Waals surface area contributed by atoms with Crippen LogP contribution >= 0.6 is 0 Å². The molecule has 0 spiro atoms. The fraction of sp³-hybridized carbons (Fsp3) is 0.400. The van der Waals surface area contributed by atoms with Crippen LogP contribution in [0.1, 0.15) is 11.4 Å². The number of alkyl halides is 3. The Morgan fingerprint density at radius 1 is 1.00 bits per heavy atom. The van der Waals surface area contributed by atoms with Crippen LogP contribution in [0.3, 0.4) is 0 Å². The molecule has 0 amide bonds. The van der Waals surface area contributed by atoms with Crippen LogP contribution in [0, 0.1) is 5.82 Å². The molecule has 0 atom stereocenters. The molecule has 1 aliphatic heterocycles. The summed E-state index contributed by atoms with van der Waals surface area (Å²) in [5.74, 6) is -2.05. The second-order valence-electron chi connectivity index (χ2n) is 7.21. The number of rotatable bonds is 5. The van der Waals surface area contributed by atoms with Gasteiger partial charge in [0, 0.05) is 38.9 Å². The standard InChI is InChI=1S/C18H21FN6.C2HF3O2/c19-16-5-3-15(4-6-16)7-9-23-10-12-24(13-11-23)14-18-22-21-17-2-1-8-20-25(17)18;3-2(4,5)1(6)7/h1-6,8H,7,9-14H2;(H,6,7). The number of nitrogens with zero attached hydrogens (tertiary/aromatic N) is 6. The van der Waals surface area contributed by atoms with Crippen LogP contribution in [0.5, 0.6) is 0 Å². The number of hydrogen-bond donors (Lipinski definition) is 1. The number of fused-ring (bicyclic) bond motifs is 1. The summed E-state index contributed by atoms with van der Waals surface area (Å²) in [5.41, 5.74) is 1.97. The van der Waals surface area contributed by atoms with E-state index < -0.39 is 12.1 Å². The van der Waals surface area contributed by atoms with Crippen molar-refractivity contribution in [2.75, 3.05) is 32.7 Å². The van der Waals surface area contributed by atoms with Crippen LogP contribution in [0.25, 0.3) is 5.65 Å². The molecule has 2 aromatic heterocycles. The van der Waals surface area contributed by atoms with Crippen molar-refractivity contribution in [1.82, 2.24) is 29.6 Å². The first kappa shape index (κ1) is 23.5. The summed E-state index contributed by atoms with van der Waals surface area (Å²) in [4.78, 5) is 13.7. The van der Waals surface area contributed by atoms with E-state index in [0.717, 1.165) is 57.2 Å². The molecule has 1 fully saturated rings. The summed E-state index contributed by atoms with van der Waals surface area (Å²) < 4.78 is 46.5. The van der Waals surface area contributed by atoms with Gasteiger partial charge in [-0.25, -0.2) is 9.18 Å². The third-order valence-corrected chi connectivity index (χ3v) is 4.95. The van der Waals surface area contributed by atoms with Gasteiger partial charge in [0.15, 0.2) is 11.5 Å². The molecule has 0 bridgehead atoms. The van der Waals surface area contributed by atoms with E-state index >= 15 is 0 Å². The topological polar surface area (TPSA) is 86.9 Å². The van der Waals surface area contributed by atoms with Crippen LogP contribution < -0.4 is 0 Å².